The number of halogens is 1. The van der Waals surface area contributed by atoms with Crippen molar-refractivity contribution in [3.63, 3.8) is 0 Å². The van der Waals surface area contributed by atoms with Gasteiger partial charge < -0.3 is 15.1 Å². The van der Waals surface area contributed by atoms with Crippen LogP contribution in [0, 0.1) is 0 Å². The molecule has 2 aromatic rings. The normalized spacial score (nSPS) is 16.6. The van der Waals surface area contributed by atoms with Crippen LogP contribution in [-0.2, 0) is 16.0 Å². The van der Waals surface area contributed by atoms with E-state index in [2.05, 4.69) is 10.6 Å². The standard InChI is InChI=1S/C16H15ClN2O3S/c17-10-3-4-13-12(8-10)19-16(21)14(23-13)9-15(20)18-6-5-11-2-1-7-22-11/h1-4,7-8,14H,5-6,9H2,(H,18,20)(H,19,21). The summed E-state index contributed by atoms with van der Waals surface area (Å²) < 4.78 is 5.20. The Bertz CT molecular complexity index is 718. The van der Waals surface area contributed by atoms with Gasteiger partial charge >= 0.3 is 0 Å². The summed E-state index contributed by atoms with van der Waals surface area (Å²) in [5, 5.41) is 5.73. The van der Waals surface area contributed by atoms with Gasteiger partial charge in [0, 0.05) is 29.3 Å². The highest BCUT2D eigenvalue weighted by Crippen LogP contribution is 2.38. The van der Waals surface area contributed by atoms with Gasteiger partial charge in [-0.25, -0.2) is 0 Å². The number of furan rings is 1. The van der Waals surface area contributed by atoms with Crippen molar-refractivity contribution in [1.82, 2.24) is 5.32 Å². The van der Waals surface area contributed by atoms with E-state index in [0.29, 0.717) is 23.7 Å². The Balaban J connectivity index is 1.52. The van der Waals surface area contributed by atoms with E-state index >= 15 is 0 Å². The van der Waals surface area contributed by atoms with Crippen LogP contribution in [0.1, 0.15) is 12.2 Å². The lowest BCUT2D eigenvalue weighted by Crippen LogP contribution is -2.35. The Labute approximate surface area is 142 Å². The Morgan fingerprint density at radius 2 is 2.26 bits per heavy atom. The summed E-state index contributed by atoms with van der Waals surface area (Å²) in [7, 11) is 0. The first-order valence-electron chi connectivity index (χ1n) is 7.18. The molecule has 0 saturated heterocycles. The zero-order valence-electron chi connectivity index (χ0n) is 12.2. The highest BCUT2D eigenvalue weighted by atomic mass is 35.5. The largest absolute Gasteiger partial charge is 0.469 e. The van der Waals surface area contributed by atoms with E-state index in [4.69, 9.17) is 16.0 Å². The first kappa shape index (κ1) is 16.0. The SMILES string of the molecule is O=C(CC1Sc2ccc(Cl)cc2NC1=O)NCCc1ccco1. The molecule has 1 unspecified atom stereocenters. The maximum absolute atomic E-state index is 12.1. The number of carbonyl (C=O) groups excluding carboxylic acids is 2. The predicted molar refractivity (Wildman–Crippen MR) is 89.8 cm³/mol. The van der Waals surface area contributed by atoms with Crippen LogP contribution in [0.15, 0.2) is 45.9 Å². The van der Waals surface area contributed by atoms with Crippen molar-refractivity contribution in [2.75, 3.05) is 11.9 Å². The summed E-state index contributed by atoms with van der Waals surface area (Å²) in [4.78, 5) is 25.0. The number of benzene rings is 1. The third-order valence-corrected chi connectivity index (χ3v) is 4.92. The number of fused-ring (bicyclic) bond motifs is 1. The monoisotopic (exact) mass is 350 g/mol. The molecule has 0 radical (unpaired) electrons. The third kappa shape index (κ3) is 4.09. The molecule has 1 aromatic heterocycles. The fourth-order valence-electron chi connectivity index (χ4n) is 2.28. The van der Waals surface area contributed by atoms with Gasteiger partial charge in [-0.1, -0.05) is 11.6 Å². The van der Waals surface area contributed by atoms with Gasteiger partial charge in [0.1, 0.15) is 5.76 Å². The van der Waals surface area contributed by atoms with Crippen molar-refractivity contribution in [1.29, 1.82) is 0 Å². The van der Waals surface area contributed by atoms with Crippen LogP contribution in [0.3, 0.4) is 0 Å². The van der Waals surface area contributed by atoms with Crippen molar-refractivity contribution in [3.8, 4) is 0 Å². The maximum atomic E-state index is 12.1. The van der Waals surface area contributed by atoms with E-state index in [1.807, 2.05) is 18.2 Å². The number of amides is 2. The number of rotatable bonds is 5. The minimum atomic E-state index is -0.438. The second kappa shape index (κ2) is 7.10. The first-order chi connectivity index (χ1) is 11.1. The van der Waals surface area contributed by atoms with Gasteiger partial charge in [0.15, 0.2) is 0 Å². The van der Waals surface area contributed by atoms with Crippen LogP contribution in [0.2, 0.25) is 5.02 Å². The molecule has 2 N–H and O–H groups in total. The predicted octanol–water partition coefficient (Wildman–Crippen LogP) is 3.09. The lowest BCUT2D eigenvalue weighted by molar-refractivity contribution is -0.124. The molecule has 5 nitrogen and oxygen atoms in total. The second-order valence-corrected chi connectivity index (χ2v) is 6.80. The number of anilines is 1. The molecule has 7 heteroatoms. The minimum Gasteiger partial charge on any atom is -0.469 e. The lowest BCUT2D eigenvalue weighted by atomic mass is 10.2. The van der Waals surface area contributed by atoms with Gasteiger partial charge in [0.05, 0.1) is 17.2 Å². The maximum Gasteiger partial charge on any atom is 0.238 e. The fourth-order valence-corrected chi connectivity index (χ4v) is 3.54. The van der Waals surface area contributed by atoms with E-state index in [-0.39, 0.29) is 18.2 Å². The summed E-state index contributed by atoms with van der Waals surface area (Å²) in [5.41, 5.74) is 0.696. The van der Waals surface area contributed by atoms with Crippen molar-refractivity contribution in [3.05, 3.63) is 47.4 Å². The molecule has 23 heavy (non-hydrogen) atoms. The molecule has 1 aliphatic heterocycles. The summed E-state index contributed by atoms with van der Waals surface area (Å²) in [6, 6.07) is 9.00. The molecule has 1 atom stereocenters. The molecule has 1 aliphatic rings. The van der Waals surface area contributed by atoms with Gasteiger partial charge in [-0.15, -0.1) is 11.8 Å². The van der Waals surface area contributed by atoms with Gasteiger partial charge in [-0.3, -0.25) is 9.59 Å². The van der Waals surface area contributed by atoms with E-state index in [9.17, 15) is 9.59 Å². The van der Waals surface area contributed by atoms with E-state index in [0.717, 1.165) is 10.7 Å². The van der Waals surface area contributed by atoms with Crippen LogP contribution >= 0.6 is 23.4 Å². The first-order valence-corrected chi connectivity index (χ1v) is 8.44. The molecule has 0 bridgehead atoms. The molecule has 2 heterocycles. The highest BCUT2D eigenvalue weighted by molar-refractivity contribution is 8.01. The molecular formula is C16H15ClN2O3S. The van der Waals surface area contributed by atoms with Gasteiger partial charge in [0.25, 0.3) is 0 Å². The quantitative estimate of drug-likeness (QED) is 0.869. The van der Waals surface area contributed by atoms with E-state index in [1.165, 1.54) is 11.8 Å². The van der Waals surface area contributed by atoms with E-state index in [1.54, 1.807) is 18.4 Å². The van der Waals surface area contributed by atoms with Crippen LogP contribution in [-0.4, -0.2) is 23.6 Å². The molecule has 0 fully saturated rings. The number of thioether (sulfide) groups is 1. The van der Waals surface area contributed by atoms with Gasteiger partial charge in [0.2, 0.25) is 11.8 Å². The van der Waals surface area contributed by atoms with Crippen molar-refractivity contribution in [2.45, 2.75) is 23.0 Å². The summed E-state index contributed by atoms with van der Waals surface area (Å²) in [6.07, 6.45) is 2.37. The average Bonchev–Trinajstić information content (AvgIpc) is 3.01. The van der Waals surface area contributed by atoms with E-state index < -0.39 is 5.25 Å². The molecule has 3 rings (SSSR count). The Morgan fingerprint density at radius 1 is 1.39 bits per heavy atom. The summed E-state index contributed by atoms with van der Waals surface area (Å²) in [6.45, 7) is 0.484. The number of hydrogen-bond donors (Lipinski definition) is 2. The topological polar surface area (TPSA) is 71.3 Å². The highest BCUT2D eigenvalue weighted by Gasteiger charge is 2.28. The second-order valence-electron chi connectivity index (χ2n) is 5.12. The minimum absolute atomic E-state index is 0.136. The van der Waals surface area contributed by atoms with Crippen molar-refractivity contribution in [2.24, 2.45) is 0 Å². The van der Waals surface area contributed by atoms with Crippen LogP contribution in [0.25, 0.3) is 0 Å². The summed E-state index contributed by atoms with van der Waals surface area (Å²) in [5.74, 6) is 0.494. The van der Waals surface area contributed by atoms with Crippen LogP contribution < -0.4 is 10.6 Å². The Kier molecular flexibility index (Phi) is 4.93. The fraction of sp³-hybridized carbons (Fsp3) is 0.250. The third-order valence-electron chi connectivity index (χ3n) is 3.41. The zero-order valence-corrected chi connectivity index (χ0v) is 13.7. The molecule has 0 saturated carbocycles. The zero-order chi connectivity index (χ0) is 16.2. The average molecular weight is 351 g/mol. The molecular weight excluding hydrogens is 336 g/mol. The van der Waals surface area contributed by atoms with Crippen LogP contribution in [0.4, 0.5) is 5.69 Å². The van der Waals surface area contributed by atoms with Crippen molar-refractivity contribution >= 4 is 40.9 Å². The number of carbonyl (C=O) groups is 2. The number of nitrogens with one attached hydrogen (secondary N) is 2. The number of hydrogen-bond acceptors (Lipinski definition) is 4. The molecule has 120 valence electrons. The van der Waals surface area contributed by atoms with Gasteiger partial charge in [-0.2, -0.15) is 0 Å². The molecule has 1 aromatic carbocycles. The molecule has 0 aliphatic carbocycles. The van der Waals surface area contributed by atoms with Gasteiger partial charge in [-0.05, 0) is 30.3 Å². The Hall–Kier alpha value is -1.92. The molecule has 2 amide bonds. The van der Waals surface area contributed by atoms with Crippen molar-refractivity contribution < 1.29 is 14.0 Å². The summed E-state index contributed by atoms with van der Waals surface area (Å²) >= 11 is 7.30. The van der Waals surface area contributed by atoms with Crippen LogP contribution in [0.5, 0.6) is 0 Å². The smallest absolute Gasteiger partial charge is 0.238 e. The molecule has 0 spiro atoms. The lowest BCUT2D eigenvalue weighted by Gasteiger charge is -2.23. The Morgan fingerprint density at radius 3 is 3.04 bits per heavy atom.